The Morgan fingerprint density at radius 3 is 2.50 bits per heavy atom. The zero-order valence-electron chi connectivity index (χ0n) is 10.4. The van der Waals surface area contributed by atoms with Gasteiger partial charge in [-0.3, -0.25) is 4.79 Å². The van der Waals surface area contributed by atoms with Gasteiger partial charge in [-0.2, -0.15) is 0 Å². The van der Waals surface area contributed by atoms with Gasteiger partial charge in [-0.1, -0.05) is 34.5 Å². The van der Waals surface area contributed by atoms with E-state index in [1.807, 2.05) is 6.92 Å². The molecule has 18 heavy (non-hydrogen) atoms. The van der Waals surface area contributed by atoms with Crippen LogP contribution in [0.5, 0.6) is 11.5 Å². The van der Waals surface area contributed by atoms with Gasteiger partial charge in [-0.15, -0.1) is 0 Å². The maximum Gasteiger partial charge on any atom is 0.238 e. The van der Waals surface area contributed by atoms with Crippen LogP contribution in [-0.2, 0) is 4.79 Å². The lowest BCUT2D eigenvalue weighted by Gasteiger charge is -2.15. The van der Waals surface area contributed by atoms with Crippen molar-refractivity contribution in [1.29, 1.82) is 0 Å². The highest BCUT2D eigenvalue weighted by atomic mass is 79.9. The van der Waals surface area contributed by atoms with Gasteiger partial charge in [-0.05, 0) is 18.6 Å². The van der Waals surface area contributed by atoms with Crippen molar-refractivity contribution in [3.05, 3.63) is 17.2 Å². The number of carbonyl (C=O) groups is 1. The van der Waals surface area contributed by atoms with Crippen molar-refractivity contribution < 1.29 is 14.3 Å². The van der Waals surface area contributed by atoms with E-state index in [0.717, 1.165) is 0 Å². The number of methoxy groups -OCH3 is 2. The van der Waals surface area contributed by atoms with E-state index in [1.54, 1.807) is 12.1 Å². The number of hydrogen-bond acceptors (Lipinski definition) is 3. The van der Waals surface area contributed by atoms with Crippen LogP contribution in [0.15, 0.2) is 12.1 Å². The summed E-state index contributed by atoms with van der Waals surface area (Å²) in [6, 6.07) is 3.32. The highest BCUT2D eigenvalue weighted by Crippen LogP contribution is 2.40. The first kappa shape index (κ1) is 15.1. The fourth-order valence-electron chi connectivity index (χ4n) is 1.43. The van der Waals surface area contributed by atoms with Crippen molar-refractivity contribution in [2.24, 2.45) is 0 Å². The number of nitrogens with one attached hydrogen (secondary N) is 1. The quantitative estimate of drug-likeness (QED) is 0.838. The summed E-state index contributed by atoms with van der Waals surface area (Å²) in [6.07, 6.45) is 0.693. The average molecular weight is 337 g/mol. The Morgan fingerprint density at radius 1 is 1.39 bits per heavy atom. The molecule has 0 radical (unpaired) electrons. The van der Waals surface area contributed by atoms with E-state index in [2.05, 4.69) is 21.2 Å². The maximum absolute atomic E-state index is 11.8. The molecule has 0 aliphatic heterocycles. The van der Waals surface area contributed by atoms with Crippen LogP contribution in [0.1, 0.15) is 13.3 Å². The van der Waals surface area contributed by atoms with Crippen molar-refractivity contribution >= 4 is 39.1 Å². The van der Waals surface area contributed by atoms with Gasteiger partial charge in [0, 0.05) is 0 Å². The number of rotatable bonds is 5. The lowest BCUT2D eigenvalue weighted by Crippen LogP contribution is -2.22. The largest absolute Gasteiger partial charge is 0.491 e. The summed E-state index contributed by atoms with van der Waals surface area (Å²) in [4.78, 5) is 11.6. The molecule has 0 aromatic heterocycles. The minimum atomic E-state index is -0.246. The molecule has 1 atom stereocenters. The van der Waals surface area contributed by atoms with E-state index >= 15 is 0 Å². The molecule has 0 bridgehead atoms. The van der Waals surface area contributed by atoms with E-state index in [-0.39, 0.29) is 10.7 Å². The molecular weight excluding hydrogens is 321 g/mol. The van der Waals surface area contributed by atoms with Crippen molar-refractivity contribution in [3.63, 3.8) is 0 Å². The first-order valence-electron chi connectivity index (χ1n) is 5.40. The number of ether oxygens (including phenoxy) is 2. The zero-order valence-corrected chi connectivity index (χ0v) is 12.8. The highest BCUT2D eigenvalue weighted by molar-refractivity contribution is 9.10. The molecule has 6 heteroatoms. The number of amides is 1. The van der Waals surface area contributed by atoms with Crippen LogP contribution in [0.25, 0.3) is 0 Å². The normalized spacial score (nSPS) is 11.8. The molecule has 1 aromatic rings. The summed E-state index contributed by atoms with van der Waals surface area (Å²) in [7, 11) is 2.99. The molecule has 100 valence electrons. The van der Waals surface area contributed by atoms with E-state index in [0.29, 0.717) is 28.6 Å². The predicted molar refractivity (Wildman–Crippen MR) is 76.2 cm³/mol. The highest BCUT2D eigenvalue weighted by Gasteiger charge is 2.18. The average Bonchev–Trinajstić information content (AvgIpc) is 2.38. The molecule has 0 aliphatic rings. The second kappa shape index (κ2) is 6.85. The molecule has 0 spiro atoms. The van der Waals surface area contributed by atoms with Crippen LogP contribution in [0.2, 0.25) is 5.02 Å². The second-order valence-electron chi connectivity index (χ2n) is 3.53. The third-order valence-corrected chi connectivity index (χ3v) is 3.73. The summed E-state index contributed by atoms with van der Waals surface area (Å²) in [5, 5.41) is 3.19. The molecule has 1 amide bonds. The van der Waals surface area contributed by atoms with Crippen molar-refractivity contribution in [2.45, 2.75) is 18.2 Å². The smallest absolute Gasteiger partial charge is 0.238 e. The Labute approximate surface area is 120 Å². The van der Waals surface area contributed by atoms with Gasteiger partial charge in [0.05, 0.1) is 29.8 Å². The van der Waals surface area contributed by atoms with Crippen LogP contribution in [0, 0.1) is 0 Å². The first-order valence-corrected chi connectivity index (χ1v) is 6.69. The molecule has 1 aromatic carbocycles. The monoisotopic (exact) mass is 335 g/mol. The number of halogens is 2. The molecule has 4 nitrogen and oxygen atoms in total. The molecular formula is C12H15BrClNO3. The van der Waals surface area contributed by atoms with Gasteiger partial charge in [0.15, 0.2) is 11.5 Å². The molecule has 0 saturated carbocycles. The Bertz CT molecular complexity index is 440. The number of carbonyl (C=O) groups excluding carboxylic acids is 1. The summed E-state index contributed by atoms with van der Waals surface area (Å²) >= 11 is 9.27. The molecule has 1 unspecified atom stereocenters. The lowest BCUT2D eigenvalue weighted by atomic mass is 10.2. The number of anilines is 1. The molecule has 0 heterocycles. The van der Waals surface area contributed by atoms with Gasteiger partial charge < -0.3 is 14.8 Å². The molecule has 1 N–H and O–H groups in total. The fourth-order valence-corrected chi connectivity index (χ4v) is 1.77. The summed E-state index contributed by atoms with van der Waals surface area (Å²) < 4.78 is 10.4. The van der Waals surface area contributed by atoms with Gasteiger partial charge in [0.25, 0.3) is 0 Å². The SMILES string of the molecule is CCC(Br)C(=O)Nc1ccc(Cl)c(OC)c1OC. The predicted octanol–water partition coefficient (Wildman–Crippen LogP) is 3.47. The zero-order chi connectivity index (χ0) is 13.7. The standard InChI is InChI=1S/C12H15BrClNO3/c1-4-7(13)12(16)15-9-6-5-8(14)10(17-2)11(9)18-3/h5-7H,4H2,1-3H3,(H,15,16). The topological polar surface area (TPSA) is 47.6 Å². The van der Waals surface area contributed by atoms with E-state index < -0.39 is 0 Å². The number of alkyl halides is 1. The third kappa shape index (κ3) is 3.29. The Kier molecular flexibility index (Phi) is 5.75. The summed E-state index contributed by atoms with van der Waals surface area (Å²) in [5.41, 5.74) is 0.529. The van der Waals surface area contributed by atoms with Crippen LogP contribution < -0.4 is 14.8 Å². The Balaban J connectivity index is 3.06. The molecule has 0 saturated heterocycles. The van der Waals surface area contributed by atoms with Gasteiger partial charge in [0.1, 0.15) is 0 Å². The Morgan fingerprint density at radius 2 is 2.00 bits per heavy atom. The van der Waals surface area contributed by atoms with Crippen LogP contribution in [0.3, 0.4) is 0 Å². The van der Waals surface area contributed by atoms with Gasteiger partial charge in [-0.25, -0.2) is 0 Å². The molecule has 0 fully saturated rings. The maximum atomic E-state index is 11.8. The van der Waals surface area contributed by atoms with E-state index in [9.17, 15) is 4.79 Å². The van der Waals surface area contributed by atoms with Crippen LogP contribution >= 0.6 is 27.5 Å². The fraction of sp³-hybridized carbons (Fsp3) is 0.417. The van der Waals surface area contributed by atoms with Crippen molar-refractivity contribution in [1.82, 2.24) is 0 Å². The third-order valence-electron chi connectivity index (χ3n) is 2.37. The van der Waals surface area contributed by atoms with Crippen molar-refractivity contribution in [2.75, 3.05) is 19.5 Å². The summed E-state index contributed by atoms with van der Waals surface area (Å²) in [6.45, 7) is 1.92. The first-order chi connectivity index (χ1) is 8.54. The van der Waals surface area contributed by atoms with Crippen LogP contribution in [0.4, 0.5) is 5.69 Å². The van der Waals surface area contributed by atoms with Gasteiger partial charge in [0.2, 0.25) is 5.91 Å². The van der Waals surface area contributed by atoms with Gasteiger partial charge >= 0.3 is 0 Å². The second-order valence-corrected chi connectivity index (χ2v) is 5.04. The minimum Gasteiger partial charge on any atom is -0.491 e. The number of hydrogen-bond donors (Lipinski definition) is 1. The minimum absolute atomic E-state index is 0.139. The van der Waals surface area contributed by atoms with E-state index in [1.165, 1.54) is 14.2 Å². The number of benzene rings is 1. The molecule has 1 rings (SSSR count). The van der Waals surface area contributed by atoms with E-state index in [4.69, 9.17) is 21.1 Å². The summed E-state index contributed by atoms with van der Waals surface area (Å²) in [5.74, 6) is 0.675. The Hall–Kier alpha value is -0.940. The van der Waals surface area contributed by atoms with Crippen LogP contribution in [-0.4, -0.2) is 25.0 Å². The molecule has 0 aliphatic carbocycles. The van der Waals surface area contributed by atoms with Crippen molar-refractivity contribution in [3.8, 4) is 11.5 Å². The lowest BCUT2D eigenvalue weighted by molar-refractivity contribution is -0.115.